The topological polar surface area (TPSA) is 79.3 Å². The van der Waals surface area contributed by atoms with Gasteiger partial charge in [0.2, 0.25) is 0 Å². The Morgan fingerprint density at radius 3 is 2.52 bits per heavy atom. The zero-order chi connectivity index (χ0) is 22.9. The molecule has 1 saturated heterocycles. The van der Waals surface area contributed by atoms with E-state index in [-0.39, 0.29) is 5.56 Å². The molecule has 33 heavy (non-hydrogen) atoms. The van der Waals surface area contributed by atoms with Crippen LogP contribution in [0.2, 0.25) is 0 Å². The van der Waals surface area contributed by atoms with Gasteiger partial charge in [0.05, 0.1) is 23.6 Å². The summed E-state index contributed by atoms with van der Waals surface area (Å²) in [4.78, 5) is 25.6. The molecule has 0 amide bonds. The Kier molecular flexibility index (Phi) is 5.60. The first-order valence-corrected chi connectivity index (χ1v) is 11.3. The van der Waals surface area contributed by atoms with Crippen molar-refractivity contribution in [3.63, 3.8) is 0 Å². The van der Waals surface area contributed by atoms with E-state index in [0.29, 0.717) is 34.9 Å². The van der Waals surface area contributed by atoms with Crippen LogP contribution in [0.15, 0.2) is 53.3 Å². The zero-order valence-corrected chi connectivity index (χ0v) is 19.2. The van der Waals surface area contributed by atoms with E-state index in [1.165, 1.54) is 0 Å². The number of hydrogen-bond acceptors (Lipinski definition) is 6. The first-order chi connectivity index (χ1) is 16.0. The molecule has 8 nitrogen and oxygen atoms in total. The fourth-order valence-electron chi connectivity index (χ4n) is 4.29. The number of piperazine rings is 1. The third kappa shape index (κ3) is 3.98. The van der Waals surface area contributed by atoms with Gasteiger partial charge in [0.25, 0.3) is 5.56 Å². The third-order valence-electron chi connectivity index (χ3n) is 6.09. The fraction of sp³-hybridized carbons (Fsp3) is 0.320. The molecule has 0 unspecified atom stereocenters. The van der Waals surface area contributed by atoms with E-state index in [4.69, 9.17) is 9.72 Å². The normalized spacial score (nSPS) is 14.7. The van der Waals surface area contributed by atoms with E-state index in [1.54, 1.807) is 4.68 Å². The number of aromatic nitrogens is 4. The van der Waals surface area contributed by atoms with E-state index in [0.717, 1.165) is 43.1 Å². The molecule has 0 aliphatic carbocycles. The highest BCUT2D eigenvalue weighted by Crippen LogP contribution is 2.33. The van der Waals surface area contributed by atoms with Crippen molar-refractivity contribution in [3.05, 3.63) is 64.6 Å². The SMILES string of the molecule is CCOc1cc(N2CCN(C)CC2)ccc1-c1nc2c(C)nn(-c3ccccc3)c2c(=O)[nH]1. The van der Waals surface area contributed by atoms with E-state index in [2.05, 4.69) is 39.1 Å². The van der Waals surface area contributed by atoms with Gasteiger partial charge in [-0.1, -0.05) is 18.2 Å². The summed E-state index contributed by atoms with van der Waals surface area (Å²) < 4.78 is 7.63. The summed E-state index contributed by atoms with van der Waals surface area (Å²) in [6, 6.07) is 15.7. The van der Waals surface area contributed by atoms with Crippen LogP contribution in [-0.4, -0.2) is 64.5 Å². The minimum atomic E-state index is -0.231. The highest BCUT2D eigenvalue weighted by atomic mass is 16.5. The van der Waals surface area contributed by atoms with Crippen LogP contribution >= 0.6 is 0 Å². The number of hydrogen-bond donors (Lipinski definition) is 1. The van der Waals surface area contributed by atoms with Crippen LogP contribution in [0.4, 0.5) is 5.69 Å². The number of H-pyrrole nitrogens is 1. The Hall–Kier alpha value is -3.65. The maximum absolute atomic E-state index is 13.2. The lowest BCUT2D eigenvalue weighted by Crippen LogP contribution is -2.44. The third-order valence-corrected chi connectivity index (χ3v) is 6.09. The number of ether oxygens (including phenoxy) is 1. The number of nitrogens with zero attached hydrogens (tertiary/aromatic N) is 5. The predicted octanol–water partition coefficient (Wildman–Crippen LogP) is 3.23. The smallest absolute Gasteiger partial charge is 0.277 e. The molecule has 0 bridgehead atoms. The standard InChI is InChI=1S/C25H28N6O2/c1-4-33-21-16-19(30-14-12-29(3)13-15-30)10-11-20(21)24-26-22-17(2)28-31(23(22)25(32)27-24)18-8-6-5-7-9-18/h5-11,16H,4,12-15H2,1-3H3,(H,26,27,32). The molecule has 4 aromatic rings. The first kappa shape index (κ1) is 21.2. The van der Waals surface area contributed by atoms with E-state index < -0.39 is 0 Å². The number of aromatic amines is 1. The van der Waals surface area contributed by atoms with Crippen LogP contribution in [0.3, 0.4) is 0 Å². The first-order valence-electron chi connectivity index (χ1n) is 11.3. The van der Waals surface area contributed by atoms with Crippen molar-refractivity contribution in [2.45, 2.75) is 13.8 Å². The maximum Gasteiger partial charge on any atom is 0.277 e. The predicted molar refractivity (Wildman–Crippen MR) is 131 cm³/mol. The Labute approximate surface area is 192 Å². The van der Waals surface area contributed by atoms with Crippen LogP contribution in [0.5, 0.6) is 5.75 Å². The zero-order valence-electron chi connectivity index (χ0n) is 19.2. The molecule has 1 aliphatic rings. The summed E-state index contributed by atoms with van der Waals surface area (Å²) in [6.45, 7) is 8.36. The van der Waals surface area contributed by atoms with Crippen LogP contribution in [0.1, 0.15) is 12.6 Å². The lowest BCUT2D eigenvalue weighted by molar-refractivity contribution is 0.312. The fourth-order valence-corrected chi connectivity index (χ4v) is 4.29. The molecule has 170 valence electrons. The largest absolute Gasteiger partial charge is 0.493 e. The van der Waals surface area contributed by atoms with E-state index in [9.17, 15) is 4.79 Å². The molecule has 0 atom stereocenters. The summed E-state index contributed by atoms with van der Waals surface area (Å²) in [5, 5.41) is 4.59. The number of benzene rings is 2. The Balaban J connectivity index is 1.59. The van der Waals surface area contributed by atoms with Gasteiger partial charge in [-0.3, -0.25) is 4.79 Å². The van der Waals surface area contributed by atoms with Crippen LogP contribution in [0.25, 0.3) is 28.1 Å². The van der Waals surface area contributed by atoms with Gasteiger partial charge in [0, 0.05) is 37.9 Å². The number of likely N-dealkylation sites (N-methyl/N-ethyl adjacent to an activating group) is 1. The molecule has 8 heteroatoms. The molecular weight excluding hydrogens is 416 g/mol. The van der Waals surface area contributed by atoms with Gasteiger partial charge in [-0.15, -0.1) is 0 Å². The Morgan fingerprint density at radius 2 is 1.79 bits per heavy atom. The molecule has 0 radical (unpaired) electrons. The van der Waals surface area contributed by atoms with Gasteiger partial charge in [-0.2, -0.15) is 5.10 Å². The van der Waals surface area contributed by atoms with Gasteiger partial charge in [-0.05, 0) is 45.2 Å². The number of fused-ring (bicyclic) bond motifs is 1. The van der Waals surface area contributed by atoms with E-state index in [1.807, 2.05) is 50.2 Å². The Bertz CT molecular complexity index is 1340. The summed E-state index contributed by atoms with van der Waals surface area (Å²) in [6.07, 6.45) is 0. The molecule has 0 spiro atoms. The number of anilines is 1. The summed E-state index contributed by atoms with van der Waals surface area (Å²) in [5.74, 6) is 1.20. The van der Waals surface area contributed by atoms with Crippen LogP contribution < -0.4 is 15.2 Å². The van der Waals surface area contributed by atoms with Crippen LogP contribution in [-0.2, 0) is 0 Å². The van der Waals surface area contributed by atoms with Gasteiger partial charge < -0.3 is 19.5 Å². The number of nitrogens with one attached hydrogen (secondary N) is 1. The highest BCUT2D eigenvalue weighted by Gasteiger charge is 2.20. The number of aryl methyl sites for hydroxylation is 1. The monoisotopic (exact) mass is 444 g/mol. The molecule has 1 fully saturated rings. The average molecular weight is 445 g/mol. The van der Waals surface area contributed by atoms with Crippen molar-refractivity contribution in [1.29, 1.82) is 0 Å². The Morgan fingerprint density at radius 1 is 1.03 bits per heavy atom. The van der Waals surface area contributed by atoms with Crippen molar-refractivity contribution < 1.29 is 4.74 Å². The van der Waals surface area contributed by atoms with Gasteiger partial charge in [0.15, 0.2) is 5.52 Å². The summed E-state index contributed by atoms with van der Waals surface area (Å²) in [5.41, 5.74) is 4.20. The minimum Gasteiger partial charge on any atom is -0.493 e. The second-order valence-corrected chi connectivity index (χ2v) is 8.35. The second kappa shape index (κ2) is 8.71. The van der Waals surface area contributed by atoms with Crippen molar-refractivity contribution in [2.75, 3.05) is 44.7 Å². The second-order valence-electron chi connectivity index (χ2n) is 8.35. The lowest BCUT2D eigenvalue weighted by atomic mass is 10.1. The summed E-state index contributed by atoms with van der Waals surface area (Å²) in [7, 11) is 2.14. The molecule has 3 heterocycles. The average Bonchev–Trinajstić information content (AvgIpc) is 3.17. The molecular formula is C25H28N6O2. The van der Waals surface area contributed by atoms with Gasteiger partial charge >= 0.3 is 0 Å². The van der Waals surface area contributed by atoms with Crippen molar-refractivity contribution >= 4 is 16.7 Å². The molecule has 1 aliphatic heterocycles. The molecule has 2 aromatic carbocycles. The maximum atomic E-state index is 13.2. The molecule has 2 aromatic heterocycles. The minimum absolute atomic E-state index is 0.231. The summed E-state index contributed by atoms with van der Waals surface area (Å²) >= 11 is 0. The quantitative estimate of drug-likeness (QED) is 0.509. The number of para-hydroxylation sites is 1. The van der Waals surface area contributed by atoms with Gasteiger partial charge in [-0.25, -0.2) is 9.67 Å². The van der Waals surface area contributed by atoms with Crippen LogP contribution in [0, 0.1) is 6.92 Å². The van der Waals surface area contributed by atoms with Gasteiger partial charge in [0.1, 0.15) is 17.1 Å². The lowest BCUT2D eigenvalue weighted by Gasteiger charge is -2.34. The number of rotatable bonds is 5. The van der Waals surface area contributed by atoms with Crippen molar-refractivity contribution in [3.8, 4) is 22.8 Å². The molecule has 0 saturated carbocycles. The molecule has 1 N–H and O–H groups in total. The highest BCUT2D eigenvalue weighted by molar-refractivity contribution is 5.81. The molecule has 5 rings (SSSR count). The van der Waals surface area contributed by atoms with Crippen molar-refractivity contribution in [1.82, 2.24) is 24.6 Å². The van der Waals surface area contributed by atoms with E-state index >= 15 is 0 Å². The van der Waals surface area contributed by atoms with Crippen molar-refractivity contribution in [2.24, 2.45) is 0 Å².